The molecule has 0 bridgehead atoms. The Morgan fingerprint density at radius 1 is 0.905 bits per heavy atom. The van der Waals surface area contributed by atoms with Gasteiger partial charge in [-0.3, -0.25) is 0 Å². The smallest absolute Gasteiger partial charge is 0.134 e. The first-order valence-corrected chi connectivity index (χ1v) is 8.73. The minimum Gasteiger partial charge on any atom is -0.506 e. The zero-order valence-electron chi connectivity index (χ0n) is 13.2. The average Bonchev–Trinajstić information content (AvgIpc) is 2.48. The van der Waals surface area contributed by atoms with Crippen LogP contribution >= 0.6 is 11.6 Å². The van der Waals surface area contributed by atoms with E-state index in [2.05, 4.69) is 6.92 Å². The molecule has 0 unspecified atom stereocenters. The number of phenols is 1. The van der Waals surface area contributed by atoms with Gasteiger partial charge in [-0.15, -0.1) is 0 Å². The van der Waals surface area contributed by atoms with Crippen molar-refractivity contribution in [1.82, 2.24) is 0 Å². The van der Waals surface area contributed by atoms with Gasteiger partial charge in [-0.05, 0) is 18.6 Å². The predicted molar refractivity (Wildman–Crippen MR) is 90.5 cm³/mol. The topological polar surface area (TPSA) is 29.5 Å². The number of hydrogen-bond donors (Lipinski definition) is 1. The fourth-order valence-corrected chi connectivity index (χ4v) is 2.53. The summed E-state index contributed by atoms with van der Waals surface area (Å²) in [7, 11) is 0. The SMILES string of the molecule is CCCCCCCCCCCCOc1ccc(O)c(Cl)c1. The molecule has 0 saturated heterocycles. The van der Waals surface area contributed by atoms with E-state index in [1.165, 1.54) is 57.8 Å². The highest BCUT2D eigenvalue weighted by Crippen LogP contribution is 2.27. The maximum Gasteiger partial charge on any atom is 0.134 e. The van der Waals surface area contributed by atoms with Crippen LogP contribution in [0.2, 0.25) is 5.02 Å². The van der Waals surface area contributed by atoms with Gasteiger partial charge in [0.15, 0.2) is 0 Å². The number of benzene rings is 1. The number of aromatic hydroxyl groups is 1. The van der Waals surface area contributed by atoms with Crippen LogP contribution < -0.4 is 4.74 Å². The molecule has 0 amide bonds. The van der Waals surface area contributed by atoms with E-state index >= 15 is 0 Å². The fraction of sp³-hybridized carbons (Fsp3) is 0.667. The molecule has 0 atom stereocenters. The molecule has 0 fully saturated rings. The van der Waals surface area contributed by atoms with Crippen molar-refractivity contribution in [3.05, 3.63) is 23.2 Å². The monoisotopic (exact) mass is 312 g/mol. The summed E-state index contributed by atoms with van der Waals surface area (Å²) in [5.41, 5.74) is 0. The first kappa shape index (κ1) is 18.2. The van der Waals surface area contributed by atoms with Crippen LogP contribution in [0.1, 0.15) is 71.1 Å². The second-order valence-corrected chi connectivity index (χ2v) is 6.05. The van der Waals surface area contributed by atoms with E-state index in [1.54, 1.807) is 18.2 Å². The van der Waals surface area contributed by atoms with Crippen LogP contribution in [0, 0.1) is 0 Å². The Balaban J connectivity index is 1.91. The maximum absolute atomic E-state index is 9.32. The normalized spacial score (nSPS) is 10.8. The highest BCUT2D eigenvalue weighted by molar-refractivity contribution is 6.32. The fourth-order valence-electron chi connectivity index (χ4n) is 2.36. The first-order valence-electron chi connectivity index (χ1n) is 8.35. The van der Waals surface area contributed by atoms with E-state index in [0.717, 1.165) is 18.8 Å². The first-order chi connectivity index (χ1) is 10.2. The zero-order chi connectivity index (χ0) is 15.3. The average molecular weight is 313 g/mol. The molecule has 0 aliphatic carbocycles. The van der Waals surface area contributed by atoms with Crippen molar-refractivity contribution < 1.29 is 9.84 Å². The Labute approximate surface area is 134 Å². The van der Waals surface area contributed by atoms with Gasteiger partial charge in [0.05, 0.1) is 11.6 Å². The lowest BCUT2D eigenvalue weighted by Gasteiger charge is -2.07. The summed E-state index contributed by atoms with van der Waals surface area (Å²) in [6, 6.07) is 4.97. The lowest BCUT2D eigenvalue weighted by Crippen LogP contribution is -1.97. The Hall–Kier alpha value is -0.890. The molecule has 0 spiro atoms. The highest BCUT2D eigenvalue weighted by Gasteiger charge is 2.00. The van der Waals surface area contributed by atoms with Crippen LogP contribution in [0.3, 0.4) is 0 Å². The van der Waals surface area contributed by atoms with Gasteiger partial charge >= 0.3 is 0 Å². The van der Waals surface area contributed by atoms with Crippen LogP contribution in [0.5, 0.6) is 11.5 Å². The number of unbranched alkanes of at least 4 members (excludes halogenated alkanes) is 9. The van der Waals surface area contributed by atoms with Gasteiger partial charge in [0, 0.05) is 6.07 Å². The third-order valence-corrected chi connectivity index (χ3v) is 3.99. The van der Waals surface area contributed by atoms with Crippen molar-refractivity contribution in [2.24, 2.45) is 0 Å². The number of phenolic OH excluding ortho intramolecular Hbond substituents is 1. The summed E-state index contributed by atoms with van der Waals surface area (Å²) in [6.07, 6.45) is 13.2. The van der Waals surface area contributed by atoms with Gasteiger partial charge in [0.25, 0.3) is 0 Å². The van der Waals surface area contributed by atoms with Gasteiger partial charge < -0.3 is 9.84 Å². The van der Waals surface area contributed by atoms with Crippen molar-refractivity contribution in [3.63, 3.8) is 0 Å². The van der Waals surface area contributed by atoms with Crippen LogP contribution in [0.15, 0.2) is 18.2 Å². The molecule has 120 valence electrons. The molecule has 21 heavy (non-hydrogen) atoms. The van der Waals surface area contributed by atoms with Gasteiger partial charge in [-0.2, -0.15) is 0 Å². The summed E-state index contributed by atoms with van der Waals surface area (Å²) < 4.78 is 5.62. The van der Waals surface area contributed by atoms with Gasteiger partial charge in [0.2, 0.25) is 0 Å². The molecule has 0 saturated carbocycles. The standard InChI is InChI=1S/C18H29ClO2/c1-2-3-4-5-6-7-8-9-10-11-14-21-16-12-13-18(20)17(19)15-16/h12-13,15,20H,2-11,14H2,1H3. The van der Waals surface area contributed by atoms with E-state index in [0.29, 0.717) is 5.02 Å². The van der Waals surface area contributed by atoms with Crippen LogP contribution in [-0.4, -0.2) is 11.7 Å². The third-order valence-electron chi connectivity index (χ3n) is 3.69. The summed E-state index contributed by atoms with van der Waals surface area (Å²) in [4.78, 5) is 0. The predicted octanol–water partition coefficient (Wildman–Crippen LogP) is 6.35. The number of rotatable bonds is 12. The van der Waals surface area contributed by atoms with Crippen molar-refractivity contribution >= 4 is 11.6 Å². The van der Waals surface area contributed by atoms with E-state index in [9.17, 15) is 5.11 Å². The van der Waals surface area contributed by atoms with E-state index in [4.69, 9.17) is 16.3 Å². The maximum atomic E-state index is 9.32. The summed E-state index contributed by atoms with van der Waals surface area (Å²) >= 11 is 5.83. The van der Waals surface area contributed by atoms with Crippen molar-refractivity contribution in [2.45, 2.75) is 71.1 Å². The largest absolute Gasteiger partial charge is 0.506 e. The summed E-state index contributed by atoms with van der Waals surface area (Å²) in [6.45, 7) is 2.98. The molecule has 1 rings (SSSR count). The molecular formula is C18H29ClO2. The van der Waals surface area contributed by atoms with E-state index in [-0.39, 0.29) is 5.75 Å². The Bertz CT molecular complexity index is 379. The number of hydrogen-bond acceptors (Lipinski definition) is 2. The number of ether oxygens (including phenoxy) is 1. The molecule has 0 aliphatic rings. The molecule has 3 heteroatoms. The zero-order valence-corrected chi connectivity index (χ0v) is 14.0. The molecular weight excluding hydrogens is 284 g/mol. The van der Waals surface area contributed by atoms with E-state index < -0.39 is 0 Å². The van der Waals surface area contributed by atoms with Crippen molar-refractivity contribution in [2.75, 3.05) is 6.61 Å². The lowest BCUT2D eigenvalue weighted by atomic mass is 10.1. The molecule has 0 heterocycles. The molecule has 0 radical (unpaired) electrons. The Morgan fingerprint density at radius 3 is 2.05 bits per heavy atom. The minimum atomic E-state index is 0.1000. The van der Waals surface area contributed by atoms with Gasteiger partial charge in [0.1, 0.15) is 11.5 Å². The summed E-state index contributed by atoms with van der Waals surface area (Å²) in [5.74, 6) is 0.830. The quantitative estimate of drug-likeness (QED) is 0.456. The molecule has 1 aromatic carbocycles. The van der Waals surface area contributed by atoms with E-state index in [1.807, 2.05) is 0 Å². The lowest BCUT2D eigenvalue weighted by molar-refractivity contribution is 0.304. The molecule has 0 aliphatic heterocycles. The molecule has 1 aromatic rings. The Kier molecular flexibility index (Phi) is 10.1. The van der Waals surface area contributed by atoms with Crippen molar-refractivity contribution in [3.8, 4) is 11.5 Å². The number of halogens is 1. The molecule has 2 nitrogen and oxygen atoms in total. The van der Waals surface area contributed by atoms with Crippen molar-refractivity contribution in [1.29, 1.82) is 0 Å². The van der Waals surface area contributed by atoms with Crippen LogP contribution in [0.4, 0.5) is 0 Å². The van der Waals surface area contributed by atoms with Crippen LogP contribution in [-0.2, 0) is 0 Å². The van der Waals surface area contributed by atoms with Crippen LogP contribution in [0.25, 0.3) is 0 Å². The second kappa shape index (κ2) is 11.7. The molecule has 0 aromatic heterocycles. The summed E-state index contributed by atoms with van der Waals surface area (Å²) in [5, 5.41) is 9.66. The second-order valence-electron chi connectivity index (χ2n) is 5.64. The van der Waals surface area contributed by atoms with Gasteiger partial charge in [-0.25, -0.2) is 0 Å². The minimum absolute atomic E-state index is 0.1000. The molecule has 1 N–H and O–H groups in total. The highest BCUT2D eigenvalue weighted by atomic mass is 35.5. The van der Waals surface area contributed by atoms with Gasteiger partial charge in [-0.1, -0.05) is 76.3 Å². The Morgan fingerprint density at radius 2 is 1.48 bits per heavy atom. The third kappa shape index (κ3) is 8.87.